The van der Waals surface area contributed by atoms with Gasteiger partial charge in [-0.3, -0.25) is 9.69 Å². The van der Waals surface area contributed by atoms with Crippen molar-refractivity contribution in [2.24, 2.45) is 0 Å². The van der Waals surface area contributed by atoms with Crippen LogP contribution in [-0.2, 0) is 4.79 Å². The highest BCUT2D eigenvalue weighted by Crippen LogP contribution is 2.13. The van der Waals surface area contributed by atoms with Crippen molar-refractivity contribution in [3.63, 3.8) is 0 Å². The van der Waals surface area contributed by atoms with Crippen molar-refractivity contribution < 1.29 is 14.7 Å². The Labute approximate surface area is 119 Å². The van der Waals surface area contributed by atoms with Crippen LogP contribution in [0.25, 0.3) is 0 Å². The third-order valence-corrected chi connectivity index (χ3v) is 3.89. The number of carbonyl (C=O) groups excluding carboxylic acids is 1. The van der Waals surface area contributed by atoms with Gasteiger partial charge in [0.15, 0.2) is 0 Å². The van der Waals surface area contributed by atoms with Gasteiger partial charge < -0.3 is 14.9 Å². The molecule has 0 saturated carbocycles. The number of rotatable bonds is 3. The van der Waals surface area contributed by atoms with Gasteiger partial charge in [0.05, 0.1) is 6.42 Å². The summed E-state index contributed by atoms with van der Waals surface area (Å²) in [4.78, 5) is 28.8. The highest BCUT2D eigenvalue weighted by Gasteiger charge is 2.26. The second-order valence-corrected chi connectivity index (χ2v) is 5.52. The molecular weight excluding hydrogens is 258 g/mol. The van der Waals surface area contributed by atoms with E-state index < -0.39 is 5.97 Å². The summed E-state index contributed by atoms with van der Waals surface area (Å²) in [6, 6.07) is 0.121. The molecule has 0 atom stereocenters. The topological polar surface area (TPSA) is 64.1 Å². The van der Waals surface area contributed by atoms with E-state index in [9.17, 15) is 9.59 Å². The molecule has 6 heteroatoms. The van der Waals surface area contributed by atoms with Crippen molar-refractivity contribution in [2.75, 3.05) is 45.8 Å². The van der Waals surface area contributed by atoms with E-state index in [2.05, 4.69) is 17.9 Å². The lowest BCUT2D eigenvalue weighted by Crippen LogP contribution is -2.53. The Morgan fingerprint density at radius 3 is 2.45 bits per heavy atom. The summed E-state index contributed by atoms with van der Waals surface area (Å²) in [5, 5.41) is 8.68. The molecule has 1 fully saturated rings. The lowest BCUT2D eigenvalue weighted by atomic mass is 10.1. The molecule has 2 amide bonds. The molecule has 112 valence electrons. The predicted molar refractivity (Wildman–Crippen MR) is 75.6 cm³/mol. The number of hydrogen-bond acceptors (Lipinski definition) is 3. The van der Waals surface area contributed by atoms with Gasteiger partial charge in [0.1, 0.15) is 0 Å². The summed E-state index contributed by atoms with van der Waals surface area (Å²) in [5.41, 5.74) is 1.25. The van der Waals surface area contributed by atoms with Gasteiger partial charge in [-0.25, -0.2) is 4.79 Å². The maximum absolute atomic E-state index is 12.4. The molecule has 6 nitrogen and oxygen atoms in total. The minimum atomic E-state index is -0.765. The Kier molecular flexibility index (Phi) is 5.00. The van der Waals surface area contributed by atoms with Crippen molar-refractivity contribution in [1.29, 1.82) is 0 Å². The van der Waals surface area contributed by atoms with Crippen LogP contribution in [0, 0.1) is 0 Å². The molecule has 0 aliphatic carbocycles. The summed E-state index contributed by atoms with van der Waals surface area (Å²) in [7, 11) is 0. The minimum absolute atomic E-state index is 0.121. The zero-order valence-electron chi connectivity index (χ0n) is 12.0. The lowest BCUT2D eigenvalue weighted by molar-refractivity contribution is -0.137. The summed E-state index contributed by atoms with van der Waals surface area (Å²) in [6.07, 6.45) is 3.30. The molecule has 0 spiro atoms. The number of piperazine rings is 1. The van der Waals surface area contributed by atoms with E-state index in [-0.39, 0.29) is 12.5 Å². The number of carbonyl (C=O) groups is 2. The lowest BCUT2D eigenvalue weighted by Gasteiger charge is -2.38. The van der Waals surface area contributed by atoms with Crippen LogP contribution in [0.5, 0.6) is 0 Å². The Balaban J connectivity index is 1.77. The normalized spacial score (nSPS) is 20.8. The van der Waals surface area contributed by atoms with E-state index in [0.29, 0.717) is 19.6 Å². The maximum atomic E-state index is 12.4. The number of nitrogens with zero attached hydrogens (tertiary/aromatic N) is 3. The number of hydrogen-bond donors (Lipinski definition) is 1. The van der Waals surface area contributed by atoms with Gasteiger partial charge in [-0.05, 0) is 13.3 Å². The molecule has 0 aromatic heterocycles. The van der Waals surface area contributed by atoms with Crippen molar-refractivity contribution in [3.05, 3.63) is 11.6 Å². The average molecular weight is 281 g/mol. The Hall–Kier alpha value is -1.56. The molecule has 20 heavy (non-hydrogen) atoms. The highest BCUT2D eigenvalue weighted by atomic mass is 16.4. The van der Waals surface area contributed by atoms with Crippen LogP contribution >= 0.6 is 0 Å². The molecule has 1 saturated heterocycles. The molecule has 0 radical (unpaired) electrons. The smallest absolute Gasteiger partial charge is 0.320 e. The van der Waals surface area contributed by atoms with Crippen molar-refractivity contribution in [3.8, 4) is 0 Å². The van der Waals surface area contributed by atoms with Crippen LogP contribution in [0.4, 0.5) is 4.79 Å². The van der Waals surface area contributed by atoms with Gasteiger partial charge in [-0.15, -0.1) is 0 Å². The van der Waals surface area contributed by atoms with Gasteiger partial charge in [0.25, 0.3) is 0 Å². The predicted octanol–water partition coefficient (Wildman–Crippen LogP) is 0.851. The fraction of sp³-hybridized carbons (Fsp3) is 0.714. The van der Waals surface area contributed by atoms with E-state index in [0.717, 1.165) is 32.6 Å². The fourth-order valence-corrected chi connectivity index (χ4v) is 2.69. The molecular formula is C14H23N3O3. The third-order valence-electron chi connectivity index (χ3n) is 3.89. The van der Waals surface area contributed by atoms with E-state index in [1.807, 2.05) is 9.80 Å². The number of carboxylic acid groups (broad SMARTS) is 1. The second-order valence-electron chi connectivity index (χ2n) is 5.52. The maximum Gasteiger partial charge on any atom is 0.320 e. The van der Waals surface area contributed by atoms with Crippen LogP contribution < -0.4 is 0 Å². The molecule has 0 bridgehead atoms. The van der Waals surface area contributed by atoms with Crippen molar-refractivity contribution in [2.45, 2.75) is 19.8 Å². The van der Waals surface area contributed by atoms with Crippen LogP contribution in [0.2, 0.25) is 0 Å². The molecule has 2 aliphatic heterocycles. The zero-order chi connectivity index (χ0) is 14.5. The largest absolute Gasteiger partial charge is 0.481 e. The third kappa shape index (κ3) is 3.96. The van der Waals surface area contributed by atoms with E-state index in [1.165, 1.54) is 5.57 Å². The highest BCUT2D eigenvalue weighted by molar-refractivity contribution is 5.75. The van der Waals surface area contributed by atoms with Crippen LogP contribution in [0.3, 0.4) is 0 Å². The second kappa shape index (κ2) is 6.74. The van der Waals surface area contributed by atoms with Crippen LogP contribution in [-0.4, -0.2) is 77.6 Å². The summed E-state index contributed by atoms with van der Waals surface area (Å²) >= 11 is 0. The SMILES string of the molecule is CC1=CCCN(C(=O)N2CCN(CCC(=O)O)CC2)C1. The first-order valence-electron chi connectivity index (χ1n) is 7.20. The van der Waals surface area contributed by atoms with Gasteiger partial charge >= 0.3 is 12.0 Å². The van der Waals surface area contributed by atoms with Crippen molar-refractivity contribution >= 4 is 12.0 Å². The van der Waals surface area contributed by atoms with Gasteiger partial charge in [0, 0.05) is 45.8 Å². The molecule has 2 aliphatic rings. The summed E-state index contributed by atoms with van der Waals surface area (Å²) in [5.74, 6) is -0.765. The molecule has 2 heterocycles. The summed E-state index contributed by atoms with van der Waals surface area (Å²) < 4.78 is 0. The van der Waals surface area contributed by atoms with Crippen LogP contribution in [0.15, 0.2) is 11.6 Å². The van der Waals surface area contributed by atoms with Crippen LogP contribution in [0.1, 0.15) is 19.8 Å². The Morgan fingerprint density at radius 1 is 1.15 bits per heavy atom. The van der Waals surface area contributed by atoms with Gasteiger partial charge in [-0.2, -0.15) is 0 Å². The fourth-order valence-electron chi connectivity index (χ4n) is 2.69. The standard InChI is InChI=1S/C14H23N3O3/c1-12-3-2-5-17(11-12)14(20)16-9-7-15(8-10-16)6-4-13(18)19/h3H,2,4-11H2,1H3,(H,18,19). The Bertz CT molecular complexity index is 400. The molecule has 0 unspecified atom stereocenters. The quantitative estimate of drug-likeness (QED) is 0.779. The monoisotopic (exact) mass is 281 g/mol. The van der Waals surface area contributed by atoms with Gasteiger partial charge in [0.2, 0.25) is 0 Å². The first kappa shape index (κ1) is 14.8. The Morgan fingerprint density at radius 2 is 1.85 bits per heavy atom. The molecule has 0 aromatic carbocycles. The van der Waals surface area contributed by atoms with E-state index in [1.54, 1.807) is 0 Å². The number of urea groups is 1. The van der Waals surface area contributed by atoms with Gasteiger partial charge in [-0.1, -0.05) is 11.6 Å². The first-order chi connectivity index (χ1) is 9.56. The average Bonchev–Trinajstić information content (AvgIpc) is 2.45. The zero-order valence-corrected chi connectivity index (χ0v) is 12.0. The number of carboxylic acids is 1. The van der Waals surface area contributed by atoms with E-state index >= 15 is 0 Å². The van der Waals surface area contributed by atoms with Crippen molar-refractivity contribution in [1.82, 2.24) is 14.7 Å². The summed E-state index contributed by atoms with van der Waals surface area (Å²) in [6.45, 7) is 7.08. The minimum Gasteiger partial charge on any atom is -0.481 e. The number of amides is 2. The first-order valence-corrected chi connectivity index (χ1v) is 7.20. The molecule has 1 N–H and O–H groups in total. The molecule has 2 rings (SSSR count). The van der Waals surface area contributed by atoms with E-state index in [4.69, 9.17) is 5.11 Å². The number of aliphatic carboxylic acids is 1. The molecule has 0 aromatic rings.